The highest BCUT2D eigenvalue weighted by Crippen LogP contribution is 2.56. The molecule has 7 nitrogen and oxygen atoms in total. The predicted octanol–water partition coefficient (Wildman–Crippen LogP) is 2.31. The van der Waals surface area contributed by atoms with Gasteiger partial charge >= 0.3 is 0 Å². The van der Waals surface area contributed by atoms with Crippen molar-refractivity contribution in [3.63, 3.8) is 0 Å². The van der Waals surface area contributed by atoms with Crippen molar-refractivity contribution < 1.29 is 19.5 Å². The van der Waals surface area contributed by atoms with E-state index in [-0.39, 0.29) is 47.6 Å². The van der Waals surface area contributed by atoms with Gasteiger partial charge in [-0.2, -0.15) is 0 Å². The highest BCUT2D eigenvalue weighted by atomic mass is 32.2. The van der Waals surface area contributed by atoms with E-state index >= 15 is 0 Å². The second-order valence-electron chi connectivity index (χ2n) is 9.55. The lowest BCUT2D eigenvalue weighted by Crippen LogP contribution is -2.59. The number of hydrogen-bond donors (Lipinski definition) is 3. The van der Waals surface area contributed by atoms with Gasteiger partial charge in [0.15, 0.2) is 0 Å². The van der Waals surface area contributed by atoms with Crippen molar-refractivity contribution in [1.29, 1.82) is 0 Å². The van der Waals surface area contributed by atoms with E-state index in [9.17, 15) is 19.5 Å². The molecule has 3 amide bonds. The van der Waals surface area contributed by atoms with E-state index in [1.54, 1.807) is 22.7 Å². The van der Waals surface area contributed by atoms with Crippen molar-refractivity contribution >= 4 is 29.5 Å². The van der Waals surface area contributed by atoms with E-state index in [4.69, 9.17) is 0 Å². The summed E-state index contributed by atoms with van der Waals surface area (Å²) in [5.41, 5.74) is 1.57. The summed E-state index contributed by atoms with van der Waals surface area (Å²) in [6, 6.07) is 5.62. The van der Waals surface area contributed by atoms with E-state index < -0.39 is 16.8 Å². The molecule has 0 aliphatic carbocycles. The number of thioether (sulfide) groups is 1. The highest BCUT2D eigenvalue weighted by molar-refractivity contribution is 8.01. The third-order valence-corrected chi connectivity index (χ3v) is 7.66. The zero-order valence-electron chi connectivity index (χ0n) is 19.0. The maximum absolute atomic E-state index is 13.5. The first-order valence-corrected chi connectivity index (χ1v) is 11.7. The molecule has 2 aliphatic rings. The number of benzene rings is 1. The van der Waals surface area contributed by atoms with Crippen molar-refractivity contribution in [3.05, 3.63) is 35.4 Å². The molecule has 4 atom stereocenters. The lowest BCUT2D eigenvalue weighted by Gasteiger charge is -2.32. The number of aliphatic hydroxyl groups is 1. The molecule has 1 fully saturated rings. The van der Waals surface area contributed by atoms with Crippen LogP contribution in [-0.2, 0) is 9.59 Å². The number of hydrogen-bond acceptors (Lipinski definition) is 5. The Hall–Kier alpha value is -2.06. The average Bonchev–Trinajstić information content (AvgIpc) is 3.13. The Balaban J connectivity index is 1.82. The molecule has 2 heterocycles. The molecule has 8 heteroatoms. The Kier molecular flexibility index (Phi) is 6.72. The zero-order chi connectivity index (χ0) is 23.1. The van der Waals surface area contributed by atoms with Crippen molar-refractivity contribution in [2.45, 2.75) is 69.8 Å². The van der Waals surface area contributed by atoms with Gasteiger partial charge in [0, 0.05) is 10.3 Å². The van der Waals surface area contributed by atoms with Crippen LogP contribution in [0.2, 0.25) is 0 Å². The Bertz CT molecular complexity index is 870. The first kappa shape index (κ1) is 23.6. The number of fused-ring (bicyclic) bond motifs is 3. The van der Waals surface area contributed by atoms with Gasteiger partial charge in [0.2, 0.25) is 11.8 Å². The first-order chi connectivity index (χ1) is 14.5. The van der Waals surface area contributed by atoms with Crippen LogP contribution in [0.1, 0.15) is 62.8 Å². The summed E-state index contributed by atoms with van der Waals surface area (Å²) in [7, 11) is 0. The number of rotatable bonds is 7. The summed E-state index contributed by atoms with van der Waals surface area (Å²) >= 11 is 1.59. The second-order valence-corrected chi connectivity index (χ2v) is 11.3. The van der Waals surface area contributed by atoms with Crippen LogP contribution >= 0.6 is 11.8 Å². The molecule has 0 aromatic heterocycles. The van der Waals surface area contributed by atoms with Crippen molar-refractivity contribution in [3.8, 4) is 0 Å². The van der Waals surface area contributed by atoms with E-state index in [0.29, 0.717) is 5.56 Å². The van der Waals surface area contributed by atoms with Gasteiger partial charge in [0.1, 0.15) is 17.5 Å². The lowest BCUT2D eigenvalue weighted by molar-refractivity contribution is -0.133. The number of carbonyl (C=O) groups excluding carboxylic acids is 3. The standard InChI is InChI=1S/C23H33N3O4S/c1-12(2)16(11-27)24-19(28)17(13(3)4)25-20(29)18-23(5,6)31-22-15-10-8-7-9-14(15)21(30)26(18)22/h7-10,12-13,16-18,22,27H,11H2,1-6H3,(H,24,28)(H,25,29)/t16-,17+,18-,22+/m1/s1. The monoisotopic (exact) mass is 447 g/mol. The minimum absolute atomic E-state index is 0.0594. The van der Waals surface area contributed by atoms with Gasteiger partial charge in [0.05, 0.1) is 12.6 Å². The van der Waals surface area contributed by atoms with Crippen LogP contribution < -0.4 is 10.6 Å². The van der Waals surface area contributed by atoms with Crippen molar-refractivity contribution in [2.24, 2.45) is 11.8 Å². The zero-order valence-corrected chi connectivity index (χ0v) is 19.8. The summed E-state index contributed by atoms with van der Waals surface area (Å²) in [5.74, 6) is -0.907. The minimum atomic E-state index is -0.764. The predicted molar refractivity (Wildman–Crippen MR) is 121 cm³/mol. The molecule has 0 bridgehead atoms. The lowest BCUT2D eigenvalue weighted by atomic mass is 9.97. The normalized spacial score (nSPS) is 23.5. The topological polar surface area (TPSA) is 98.7 Å². The van der Waals surface area contributed by atoms with E-state index in [2.05, 4.69) is 10.6 Å². The SMILES string of the molecule is CC(C)[C@H](NC(=O)[C@H]1N2C(=O)c3ccccc3[C@@H]2SC1(C)C)C(=O)N[C@H](CO)C(C)C. The van der Waals surface area contributed by atoms with E-state index in [1.807, 2.05) is 59.7 Å². The molecular formula is C23H33N3O4S. The van der Waals surface area contributed by atoms with Gasteiger partial charge in [-0.15, -0.1) is 11.8 Å². The summed E-state index contributed by atoms with van der Waals surface area (Å²) in [6.07, 6.45) is 0. The van der Waals surface area contributed by atoms with Crippen LogP contribution in [0.15, 0.2) is 24.3 Å². The van der Waals surface area contributed by atoms with E-state index in [0.717, 1.165) is 5.56 Å². The molecule has 31 heavy (non-hydrogen) atoms. The second kappa shape index (κ2) is 8.82. The molecule has 1 aromatic carbocycles. The number of nitrogens with one attached hydrogen (secondary N) is 2. The van der Waals surface area contributed by atoms with Crippen LogP contribution in [0.4, 0.5) is 0 Å². The number of amides is 3. The Morgan fingerprint density at radius 1 is 1.13 bits per heavy atom. The van der Waals surface area contributed by atoms with E-state index in [1.165, 1.54) is 0 Å². The quantitative estimate of drug-likeness (QED) is 0.596. The third-order valence-electron chi connectivity index (χ3n) is 6.12. The summed E-state index contributed by atoms with van der Waals surface area (Å²) in [4.78, 5) is 41.2. The fraction of sp³-hybridized carbons (Fsp3) is 0.609. The van der Waals surface area contributed by atoms with Gasteiger partial charge < -0.3 is 20.6 Å². The number of carbonyl (C=O) groups is 3. The molecule has 3 rings (SSSR count). The molecule has 1 aromatic rings. The third kappa shape index (κ3) is 4.32. The van der Waals surface area contributed by atoms with Gasteiger partial charge in [-0.05, 0) is 37.3 Å². The Morgan fingerprint density at radius 2 is 1.77 bits per heavy atom. The number of nitrogens with zero attached hydrogens (tertiary/aromatic N) is 1. The highest BCUT2D eigenvalue weighted by Gasteiger charge is 2.57. The number of aliphatic hydroxyl groups excluding tert-OH is 1. The van der Waals surface area contributed by atoms with Crippen LogP contribution in [0.3, 0.4) is 0 Å². The largest absolute Gasteiger partial charge is 0.394 e. The summed E-state index contributed by atoms with van der Waals surface area (Å²) in [5, 5.41) is 15.1. The van der Waals surface area contributed by atoms with Crippen LogP contribution in [0.25, 0.3) is 0 Å². The molecule has 1 saturated heterocycles. The maximum atomic E-state index is 13.5. The van der Waals surface area contributed by atoms with Crippen LogP contribution in [0, 0.1) is 11.8 Å². The smallest absolute Gasteiger partial charge is 0.256 e. The average molecular weight is 448 g/mol. The molecule has 0 unspecified atom stereocenters. The molecule has 0 saturated carbocycles. The fourth-order valence-corrected chi connectivity index (χ4v) is 5.86. The summed E-state index contributed by atoms with van der Waals surface area (Å²) in [6.45, 7) is 11.3. The molecule has 0 radical (unpaired) electrons. The molecule has 2 aliphatic heterocycles. The van der Waals surface area contributed by atoms with Gasteiger partial charge in [-0.25, -0.2) is 0 Å². The summed E-state index contributed by atoms with van der Waals surface area (Å²) < 4.78 is -0.512. The van der Waals surface area contributed by atoms with Crippen LogP contribution in [-0.4, -0.2) is 57.2 Å². The van der Waals surface area contributed by atoms with Gasteiger partial charge in [-0.1, -0.05) is 45.9 Å². The van der Waals surface area contributed by atoms with Gasteiger partial charge in [-0.3, -0.25) is 14.4 Å². The fourth-order valence-electron chi connectivity index (χ4n) is 4.27. The van der Waals surface area contributed by atoms with Crippen LogP contribution in [0.5, 0.6) is 0 Å². The van der Waals surface area contributed by atoms with Crippen molar-refractivity contribution in [2.75, 3.05) is 6.61 Å². The maximum Gasteiger partial charge on any atom is 0.256 e. The van der Waals surface area contributed by atoms with Gasteiger partial charge in [0.25, 0.3) is 5.91 Å². The molecule has 170 valence electrons. The minimum Gasteiger partial charge on any atom is -0.394 e. The first-order valence-electron chi connectivity index (χ1n) is 10.8. The molecule has 0 spiro atoms. The van der Waals surface area contributed by atoms with Crippen molar-refractivity contribution in [1.82, 2.24) is 15.5 Å². The molecule has 3 N–H and O–H groups in total. The molecular weight excluding hydrogens is 414 g/mol. The Labute approximate surface area is 188 Å². The Morgan fingerprint density at radius 3 is 2.35 bits per heavy atom.